The number of hydrogen-bond donors (Lipinski definition) is 1. The van der Waals surface area contributed by atoms with Gasteiger partial charge in [-0.2, -0.15) is 0 Å². The van der Waals surface area contributed by atoms with Gasteiger partial charge in [0.15, 0.2) is 0 Å². The molecule has 2 aromatic rings. The molecule has 1 amide bonds. The summed E-state index contributed by atoms with van der Waals surface area (Å²) < 4.78 is 20.0. The Bertz CT molecular complexity index is 994. The molecule has 1 N–H and O–H groups in total. The van der Waals surface area contributed by atoms with Crippen LogP contribution in [0.2, 0.25) is 5.02 Å². The first kappa shape index (κ1) is 23.1. The Balaban J connectivity index is 1.76. The molecule has 0 aromatic heterocycles. The summed E-state index contributed by atoms with van der Waals surface area (Å²) in [6.07, 6.45) is 0.979. The van der Waals surface area contributed by atoms with E-state index in [9.17, 15) is 14.0 Å². The van der Waals surface area contributed by atoms with Crippen LogP contribution in [0.3, 0.4) is 0 Å². The Labute approximate surface area is 186 Å². The van der Waals surface area contributed by atoms with Crippen LogP contribution >= 0.6 is 11.6 Å². The van der Waals surface area contributed by atoms with Crippen LogP contribution in [0.15, 0.2) is 36.4 Å². The van der Waals surface area contributed by atoms with Crippen molar-refractivity contribution in [3.8, 4) is 5.75 Å². The molecule has 1 unspecified atom stereocenters. The molecule has 0 saturated heterocycles. The van der Waals surface area contributed by atoms with Crippen molar-refractivity contribution in [2.75, 3.05) is 13.1 Å². The number of nitrogens with zero attached hydrogens (tertiary/aromatic N) is 1. The Hall–Kier alpha value is -2.60. The van der Waals surface area contributed by atoms with Gasteiger partial charge in [0.25, 0.3) is 5.91 Å². The van der Waals surface area contributed by atoms with Crippen molar-refractivity contribution in [2.45, 2.75) is 45.6 Å². The quantitative estimate of drug-likeness (QED) is 0.619. The number of aliphatic carboxylic acids is 1. The highest BCUT2D eigenvalue weighted by molar-refractivity contribution is 6.30. The lowest BCUT2D eigenvalue weighted by Gasteiger charge is -2.24. The van der Waals surface area contributed by atoms with E-state index in [1.165, 1.54) is 12.1 Å². The van der Waals surface area contributed by atoms with E-state index in [0.717, 1.165) is 11.1 Å². The number of benzene rings is 2. The van der Waals surface area contributed by atoms with Gasteiger partial charge in [-0.3, -0.25) is 9.59 Å². The molecule has 0 fully saturated rings. The largest absolute Gasteiger partial charge is 0.487 e. The van der Waals surface area contributed by atoms with Gasteiger partial charge in [0.2, 0.25) is 0 Å². The van der Waals surface area contributed by atoms with Crippen molar-refractivity contribution in [1.82, 2.24) is 4.90 Å². The van der Waals surface area contributed by atoms with E-state index in [2.05, 4.69) is 0 Å². The first-order chi connectivity index (χ1) is 14.6. The molecule has 1 aliphatic rings. The maximum atomic E-state index is 13.8. The number of hydrogen-bond acceptors (Lipinski definition) is 3. The van der Waals surface area contributed by atoms with Gasteiger partial charge in [-0.1, -0.05) is 31.5 Å². The van der Waals surface area contributed by atoms with Gasteiger partial charge in [-0.05, 0) is 54.3 Å². The maximum absolute atomic E-state index is 13.8. The fourth-order valence-corrected chi connectivity index (χ4v) is 4.08. The summed E-state index contributed by atoms with van der Waals surface area (Å²) in [6.45, 7) is 6.59. The molecule has 0 bridgehead atoms. The number of amides is 1. The molecule has 0 aliphatic carbocycles. The van der Waals surface area contributed by atoms with E-state index in [4.69, 9.17) is 21.4 Å². The minimum atomic E-state index is -0.932. The average molecular weight is 448 g/mol. The van der Waals surface area contributed by atoms with Crippen molar-refractivity contribution in [2.24, 2.45) is 5.92 Å². The second kappa shape index (κ2) is 9.27. The molecule has 5 nitrogen and oxygen atoms in total. The van der Waals surface area contributed by atoms with Crippen LogP contribution in [-0.2, 0) is 17.6 Å². The van der Waals surface area contributed by atoms with Gasteiger partial charge >= 0.3 is 5.97 Å². The Kier molecular flexibility index (Phi) is 6.90. The van der Waals surface area contributed by atoms with E-state index >= 15 is 0 Å². The lowest BCUT2D eigenvalue weighted by Crippen LogP contribution is -2.36. The van der Waals surface area contributed by atoms with Crippen LogP contribution in [0.4, 0.5) is 4.39 Å². The average Bonchev–Trinajstić information content (AvgIpc) is 3.01. The van der Waals surface area contributed by atoms with Crippen LogP contribution in [0.1, 0.15) is 48.7 Å². The molecule has 0 radical (unpaired) electrons. The van der Waals surface area contributed by atoms with Gasteiger partial charge < -0.3 is 14.7 Å². The fraction of sp³-hybridized carbons (Fsp3) is 0.417. The Morgan fingerprint density at radius 3 is 2.65 bits per heavy atom. The van der Waals surface area contributed by atoms with Gasteiger partial charge in [0, 0.05) is 31.5 Å². The third-order valence-corrected chi connectivity index (χ3v) is 5.57. The third kappa shape index (κ3) is 5.76. The normalized spacial score (nSPS) is 17.4. The van der Waals surface area contributed by atoms with Crippen molar-refractivity contribution in [3.63, 3.8) is 0 Å². The summed E-state index contributed by atoms with van der Waals surface area (Å²) in [4.78, 5) is 25.6. The maximum Gasteiger partial charge on any atom is 0.305 e. The van der Waals surface area contributed by atoms with Gasteiger partial charge in [-0.25, -0.2) is 4.39 Å². The first-order valence-corrected chi connectivity index (χ1v) is 10.7. The lowest BCUT2D eigenvalue weighted by atomic mass is 9.91. The number of ether oxygens (including phenoxy) is 1. The van der Waals surface area contributed by atoms with E-state index in [1.54, 1.807) is 23.1 Å². The van der Waals surface area contributed by atoms with Gasteiger partial charge in [0.05, 0.1) is 11.4 Å². The number of carboxylic acids is 1. The zero-order valence-corrected chi connectivity index (χ0v) is 18.7. The first-order valence-electron chi connectivity index (χ1n) is 10.3. The van der Waals surface area contributed by atoms with Crippen LogP contribution < -0.4 is 4.74 Å². The minimum absolute atomic E-state index is 0.0848. The van der Waals surface area contributed by atoms with Crippen molar-refractivity contribution in [1.29, 1.82) is 0 Å². The van der Waals surface area contributed by atoms with Gasteiger partial charge in [-0.15, -0.1) is 0 Å². The molecular weight excluding hydrogens is 421 g/mol. The summed E-state index contributed by atoms with van der Waals surface area (Å²) in [5.74, 6) is -0.657. The predicted octanol–water partition coefficient (Wildman–Crippen LogP) is 4.99. The van der Waals surface area contributed by atoms with Crippen molar-refractivity contribution in [3.05, 3.63) is 63.9 Å². The zero-order chi connectivity index (χ0) is 22.8. The van der Waals surface area contributed by atoms with Gasteiger partial charge in [0.1, 0.15) is 17.2 Å². The molecule has 3 rings (SSSR count). The number of carboxylic acid groups (broad SMARTS) is 1. The standard InChI is InChI=1S/C24H27ClFNO4/c1-15(2)14-27(9-8-22(28)29)23(30)17-5-7-21-18(11-17)13-24(3,31-21)12-16-4-6-19(25)20(26)10-16/h4-7,10-11,15H,8-9,12-14H2,1-3H3,(H,28,29). The molecule has 1 atom stereocenters. The van der Waals surface area contributed by atoms with Crippen LogP contribution in [0.5, 0.6) is 5.75 Å². The third-order valence-electron chi connectivity index (χ3n) is 5.26. The summed E-state index contributed by atoms with van der Waals surface area (Å²) >= 11 is 5.77. The summed E-state index contributed by atoms with van der Waals surface area (Å²) in [7, 11) is 0. The summed E-state index contributed by atoms with van der Waals surface area (Å²) in [5.41, 5.74) is 1.64. The van der Waals surface area contributed by atoms with Crippen molar-refractivity contribution < 1.29 is 23.8 Å². The lowest BCUT2D eigenvalue weighted by molar-refractivity contribution is -0.137. The minimum Gasteiger partial charge on any atom is -0.487 e. The van der Waals surface area contributed by atoms with E-state index in [-0.39, 0.29) is 29.8 Å². The summed E-state index contributed by atoms with van der Waals surface area (Å²) in [6, 6.07) is 10.0. The molecule has 0 spiro atoms. The van der Waals surface area contributed by atoms with E-state index in [1.807, 2.05) is 26.8 Å². The summed E-state index contributed by atoms with van der Waals surface area (Å²) in [5, 5.41) is 9.09. The second-order valence-corrected chi connectivity index (χ2v) is 9.17. The molecule has 0 saturated carbocycles. The highest BCUT2D eigenvalue weighted by Crippen LogP contribution is 2.38. The zero-order valence-electron chi connectivity index (χ0n) is 18.0. The monoisotopic (exact) mass is 447 g/mol. The number of halogens is 2. The van der Waals surface area contributed by atoms with E-state index < -0.39 is 17.4 Å². The smallest absolute Gasteiger partial charge is 0.305 e. The molecule has 31 heavy (non-hydrogen) atoms. The molecular formula is C24H27ClFNO4. The Morgan fingerprint density at radius 1 is 1.26 bits per heavy atom. The van der Waals surface area contributed by atoms with Crippen LogP contribution in [-0.4, -0.2) is 40.6 Å². The van der Waals surface area contributed by atoms with E-state index in [0.29, 0.717) is 30.7 Å². The topological polar surface area (TPSA) is 66.8 Å². The predicted molar refractivity (Wildman–Crippen MR) is 117 cm³/mol. The fourth-order valence-electron chi connectivity index (χ4n) is 3.96. The molecule has 166 valence electrons. The SMILES string of the molecule is CC(C)CN(CCC(=O)O)C(=O)c1ccc2c(c1)CC(C)(Cc1ccc(Cl)c(F)c1)O2. The van der Waals surface area contributed by atoms with Crippen LogP contribution in [0.25, 0.3) is 0 Å². The highest BCUT2D eigenvalue weighted by Gasteiger charge is 2.35. The Morgan fingerprint density at radius 2 is 2.00 bits per heavy atom. The molecule has 2 aromatic carbocycles. The second-order valence-electron chi connectivity index (χ2n) is 8.77. The number of carbonyl (C=O) groups is 2. The highest BCUT2D eigenvalue weighted by atomic mass is 35.5. The molecule has 1 aliphatic heterocycles. The van der Waals surface area contributed by atoms with Crippen LogP contribution in [0, 0.1) is 11.7 Å². The molecule has 7 heteroatoms. The van der Waals surface area contributed by atoms with Crippen molar-refractivity contribution >= 4 is 23.5 Å². The number of fused-ring (bicyclic) bond motifs is 1. The number of carbonyl (C=O) groups excluding carboxylic acids is 1. The number of rotatable bonds is 8. The molecule has 1 heterocycles.